The molecule has 1 rings (SSSR count). The summed E-state index contributed by atoms with van der Waals surface area (Å²) in [5.41, 5.74) is -1.70. The van der Waals surface area contributed by atoms with Crippen LogP contribution in [0, 0.1) is 0 Å². The van der Waals surface area contributed by atoms with Gasteiger partial charge in [-0.25, -0.2) is 4.79 Å². The molecule has 154 valence electrons. The third kappa shape index (κ3) is 6.23. The zero-order valence-corrected chi connectivity index (χ0v) is 17.0. The molecule has 0 saturated heterocycles. The quantitative estimate of drug-likeness (QED) is 0.490. The van der Waals surface area contributed by atoms with Gasteiger partial charge in [0.25, 0.3) is 0 Å². The van der Waals surface area contributed by atoms with Gasteiger partial charge in [0.05, 0.1) is 5.41 Å². The Morgan fingerprint density at radius 2 is 1.54 bits per heavy atom. The number of benzene rings is 1. The van der Waals surface area contributed by atoms with Gasteiger partial charge in [0.1, 0.15) is 11.6 Å². The number of aliphatic carboxylic acids is 2. The van der Waals surface area contributed by atoms with Gasteiger partial charge < -0.3 is 20.8 Å². The van der Waals surface area contributed by atoms with Gasteiger partial charge in [-0.3, -0.25) is 14.4 Å². The SMILES string of the molecule is CC(C)(NC(=O)C(C)(C)c1ccc(Cl)cc1)C(=O)N[C@H](CCC(=O)O)C(=O)O. The summed E-state index contributed by atoms with van der Waals surface area (Å²) in [6.07, 6.45) is -0.676. The average molecular weight is 413 g/mol. The fourth-order valence-electron chi connectivity index (χ4n) is 2.36. The molecular weight excluding hydrogens is 388 g/mol. The lowest BCUT2D eigenvalue weighted by atomic mass is 9.83. The largest absolute Gasteiger partial charge is 0.481 e. The summed E-state index contributed by atoms with van der Waals surface area (Å²) >= 11 is 5.87. The zero-order valence-electron chi connectivity index (χ0n) is 16.2. The minimum absolute atomic E-state index is 0.267. The van der Waals surface area contributed by atoms with Crippen molar-refractivity contribution in [1.82, 2.24) is 10.6 Å². The van der Waals surface area contributed by atoms with Crippen LogP contribution in [0.1, 0.15) is 46.1 Å². The lowest BCUT2D eigenvalue weighted by Crippen LogP contribution is -2.60. The molecule has 0 aromatic heterocycles. The molecule has 0 spiro atoms. The van der Waals surface area contributed by atoms with Gasteiger partial charge >= 0.3 is 11.9 Å². The van der Waals surface area contributed by atoms with E-state index in [9.17, 15) is 24.3 Å². The fraction of sp³-hybridized carbons (Fsp3) is 0.474. The molecule has 0 radical (unpaired) electrons. The van der Waals surface area contributed by atoms with Crippen molar-refractivity contribution in [2.75, 3.05) is 0 Å². The molecule has 0 heterocycles. The summed E-state index contributed by atoms with van der Waals surface area (Å²) in [7, 11) is 0. The standard InChI is InChI=1S/C19H25ClN2O6/c1-18(2,11-5-7-12(20)8-6-11)16(27)22-19(3,4)17(28)21-13(15(25)26)9-10-14(23)24/h5-8,13H,9-10H2,1-4H3,(H,21,28)(H,22,27)(H,23,24)(H,25,26)/t13-/m1/s1. The first kappa shape index (κ1) is 23.4. The monoisotopic (exact) mass is 412 g/mol. The average Bonchev–Trinajstić information content (AvgIpc) is 2.57. The topological polar surface area (TPSA) is 133 Å². The fourth-order valence-corrected chi connectivity index (χ4v) is 2.48. The number of hydrogen-bond donors (Lipinski definition) is 4. The van der Waals surface area contributed by atoms with Crippen LogP contribution in [-0.4, -0.2) is 45.5 Å². The highest BCUT2D eigenvalue weighted by Gasteiger charge is 2.38. The third-order valence-electron chi connectivity index (χ3n) is 4.38. The van der Waals surface area contributed by atoms with Crippen molar-refractivity contribution in [3.8, 4) is 0 Å². The minimum Gasteiger partial charge on any atom is -0.481 e. The van der Waals surface area contributed by atoms with E-state index >= 15 is 0 Å². The molecule has 0 aliphatic heterocycles. The molecule has 8 nitrogen and oxygen atoms in total. The highest BCUT2D eigenvalue weighted by atomic mass is 35.5. The molecule has 0 unspecified atom stereocenters. The van der Waals surface area contributed by atoms with Crippen LogP contribution in [0.25, 0.3) is 0 Å². The predicted octanol–water partition coefficient (Wildman–Crippen LogP) is 1.95. The highest BCUT2D eigenvalue weighted by molar-refractivity contribution is 6.30. The lowest BCUT2D eigenvalue weighted by molar-refractivity contribution is -0.144. The summed E-state index contributed by atoms with van der Waals surface area (Å²) in [6, 6.07) is 5.36. The summed E-state index contributed by atoms with van der Waals surface area (Å²) < 4.78 is 0. The number of amides is 2. The Hall–Kier alpha value is -2.61. The van der Waals surface area contributed by atoms with Crippen molar-refractivity contribution in [2.45, 2.75) is 57.5 Å². The number of carboxylic acids is 2. The molecule has 28 heavy (non-hydrogen) atoms. The van der Waals surface area contributed by atoms with E-state index in [1.165, 1.54) is 13.8 Å². The Labute approximate surface area is 168 Å². The summed E-state index contributed by atoms with van der Waals surface area (Å²) in [5, 5.41) is 23.3. The van der Waals surface area contributed by atoms with Gasteiger partial charge in [0, 0.05) is 11.4 Å². The van der Waals surface area contributed by atoms with E-state index in [1.54, 1.807) is 38.1 Å². The van der Waals surface area contributed by atoms with E-state index in [-0.39, 0.29) is 6.42 Å². The number of nitrogens with one attached hydrogen (secondary N) is 2. The molecule has 9 heteroatoms. The smallest absolute Gasteiger partial charge is 0.326 e. The van der Waals surface area contributed by atoms with Gasteiger partial charge in [0.15, 0.2) is 0 Å². The second kappa shape index (κ2) is 9.05. The van der Waals surface area contributed by atoms with Crippen LogP contribution in [0.4, 0.5) is 0 Å². The first-order chi connectivity index (χ1) is 12.8. The second-order valence-electron chi connectivity index (χ2n) is 7.51. The number of carbonyl (C=O) groups excluding carboxylic acids is 2. The van der Waals surface area contributed by atoms with Gasteiger partial charge in [0.2, 0.25) is 11.8 Å². The van der Waals surface area contributed by atoms with Gasteiger partial charge in [-0.1, -0.05) is 23.7 Å². The normalized spacial score (nSPS) is 12.8. The van der Waals surface area contributed by atoms with Crippen LogP contribution in [0.3, 0.4) is 0 Å². The van der Waals surface area contributed by atoms with E-state index in [4.69, 9.17) is 16.7 Å². The molecule has 0 aliphatic carbocycles. The van der Waals surface area contributed by atoms with Crippen molar-refractivity contribution in [3.05, 3.63) is 34.9 Å². The number of carboxylic acid groups (broad SMARTS) is 2. The Balaban J connectivity index is 2.88. The van der Waals surface area contributed by atoms with Crippen LogP contribution < -0.4 is 10.6 Å². The van der Waals surface area contributed by atoms with E-state index in [2.05, 4.69) is 10.6 Å². The zero-order chi connectivity index (χ0) is 21.7. The Bertz CT molecular complexity index is 758. The van der Waals surface area contributed by atoms with E-state index in [0.717, 1.165) is 0 Å². The molecular formula is C19H25ClN2O6. The van der Waals surface area contributed by atoms with Crippen LogP contribution in [0.5, 0.6) is 0 Å². The van der Waals surface area contributed by atoms with Crippen molar-refractivity contribution >= 4 is 35.4 Å². The van der Waals surface area contributed by atoms with Gasteiger partial charge in [-0.05, 0) is 51.8 Å². The molecule has 2 amide bonds. The Morgan fingerprint density at radius 3 is 2.00 bits per heavy atom. The lowest BCUT2D eigenvalue weighted by Gasteiger charge is -2.32. The number of carbonyl (C=O) groups is 4. The third-order valence-corrected chi connectivity index (χ3v) is 4.63. The van der Waals surface area contributed by atoms with Crippen LogP contribution >= 0.6 is 11.6 Å². The molecule has 0 aliphatic rings. The summed E-state index contributed by atoms with van der Waals surface area (Å²) in [4.78, 5) is 47.2. The molecule has 0 saturated carbocycles. The van der Waals surface area contributed by atoms with Crippen LogP contribution in [0.15, 0.2) is 24.3 Å². The van der Waals surface area contributed by atoms with Gasteiger partial charge in [-0.2, -0.15) is 0 Å². The van der Waals surface area contributed by atoms with E-state index in [0.29, 0.717) is 10.6 Å². The first-order valence-electron chi connectivity index (χ1n) is 8.61. The summed E-state index contributed by atoms with van der Waals surface area (Å²) in [5.74, 6) is -3.69. The minimum atomic E-state index is -1.42. The van der Waals surface area contributed by atoms with Crippen molar-refractivity contribution in [3.63, 3.8) is 0 Å². The molecule has 1 atom stereocenters. The first-order valence-corrected chi connectivity index (χ1v) is 8.99. The van der Waals surface area contributed by atoms with Gasteiger partial charge in [-0.15, -0.1) is 0 Å². The highest BCUT2D eigenvalue weighted by Crippen LogP contribution is 2.25. The van der Waals surface area contributed by atoms with E-state index < -0.39 is 47.2 Å². The predicted molar refractivity (Wildman–Crippen MR) is 103 cm³/mol. The van der Waals surface area contributed by atoms with E-state index in [1.807, 2.05) is 0 Å². The maximum absolute atomic E-state index is 12.8. The molecule has 1 aromatic carbocycles. The summed E-state index contributed by atoms with van der Waals surface area (Å²) in [6.45, 7) is 6.25. The molecule has 4 N–H and O–H groups in total. The number of halogens is 1. The van der Waals surface area contributed by atoms with Crippen molar-refractivity contribution < 1.29 is 29.4 Å². The maximum Gasteiger partial charge on any atom is 0.326 e. The van der Waals surface area contributed by atoms with Crippen LogP contribution in [-0.2, 0) is 24.6 Å². The Morgan fingerprint density at radius 1 is 1.00 bits per heavy atom. The molecule has 1 aromatic rings. The maximum atomic E-state index is 12.8. The van der Waals surface area contributed by atoms with Crippen molar-refractivity contribution in [2.24, 2.45) is 0 Å². The Kier molecular flexibility index (Phi) is 7.58. The molecule has 0 bridgehead atoms. The number of hydrogen-bond acceptors (Lipinski definition) is 4. The van der Waals surface area contributed by atoms with Crippen LogP contribution in [0.2, 0.25) is 5.02 Å². The second-order valence-corrected chi connectivity index (χ2v) is 7.94. The van der Waals surface area contributed by atoms with Crippen molar-refractivity contribution in [1.29, 1.82) is 0 Å². The number of rotatable bonds is 9. The molecule has 0 fully saturated rings.